The third kappa shape index (κ3) is 9.17. The van der Waals surface area contributed by atoms with Crippen LogP contribution in [-0.4, -0.2) is 37.2 Å². The van der Waals surface area contributed by atoms with E-state index >= 15 is 0 Å². The van der Waals surface area contributed by atoms with Crippen LogP contribution in [0.4, 0.5) is 0 Å². The van der Waals surface area contributed by atoms with Crippen molar-refractivity contribution in [2.75, 3.05) is 26.8 Å². The first-order valence-electron chi connectivity index (χ1n) is 6.63. The topological polar surface area (TPSA) is 12.5 Å². The molecule has 0 heterocycles. The molecule has 0 rings (SSSR count). The molecule has 0 radical (unpaired) electrons. The summed E-state index contributed by atoms with van der Waals surface area (Å²) in [5.74, 6) is 0.802. The molecule has 0 saturated carbocycles. The molecule has 0 saturated heterocycles. The SMILES string of the molecule is CC(C)CCCOCCCN(C)C(C)(C)C. The molecule has 0 N–H and O–H groups in total. The Morgan fingerprint density at radius 3 is 2.12 bits per heavy atom. The van der Waals surface area contributed by atoms with Gasteiger partial charge in [0, 0.05) is 25.3 Å². The second-order valence-electron chi connectivity index (χ2n) is 6.09. The van der Waals surface area contributed by atoms with Crippen LogP contribution >= 0.6 is 0 Å². The van der Waals surface area contributed by atoms with Gasteiger partial charge in [0.1, 0.15) is 0 Å². The van der Waals surface area contributed by atoms with E-state index in [0.717, 1.165) is 32.1 Å². The molecule has 0 fully saturated rings. The van der Waals surface area contributed by atoms with Crippen LogP contribution in [0.25, 0.3) is 0 Å². The zero-order chi connectivity index (χ0) is 12.6. The maximum absolute atomic E-state index is 5.62. The van der Waals surface area contributed by atoms with Crippen molar-refractivity contribution in [2.24, 2.45) is 5.92 Å². The summed E-state index contributed by atoms with van der Waals surface area (Å²) in [4.78, 5) is 2.38. The van der Waals surface area contributed by atoms with E-state index in [0.29, 0.717) is 0 Å². The summed E-state index contributed by atoms with van der Waals surface area (Å²) in [7, 11) is 2.18. The van der Waals surface area contributed by atoms with Crippen LogP contribution in [0.5, 0.6) is 0 Å². The smallest absolute Gasteiger partial charge is 0.0478 e. The minimum absolute atomic E-state index is 0.275. The van der Waals surface area contributed by atoms with Gasteiger partial charge in [0.05, 0.1) is 0 Å². The summed E-state index contributed by atoms with van der Waals surface area (Å²) in [5, 5.41) is 0. The Labute approximate surface area is 102 Å². The van der Waals surface area contributed by atoms with E-state index < -0.39 is 0 Å². The first kappa shape index (κ1) is 15.9. The molecule has 0 spiro atoms. The van der Waals surface area contributed by atoms with Crippen LogP contribution in [0.3, 0.4) is 0 Å². The summed E-state index contributed by atoms with van der Waals surface area (Å²) in [6.07, 6.45) is 3.62. The van der Waals surface area contributed by atoms with Crippen LogP contribution in [0.2, 0.25) is 0 Å². The van der Waals surface area contributed by atoms with Crippen molar-refractivity contribution >= 4 is 0 Å². The van der Waals surface area contributed by atoms with Crippen molar-refractivity contribution in [1.29, 1.82) is 0 Å². The van der Waals surface area contributed by atoms with Crippen molar-refractivity contribution in [3.8, 4) is 0 Å². The predicted molar refractivity (Wildman–Crippen MR) is 71.9 cm³/mol. The van der Waals surface area contributed by atoms with Crippen LogP contribution in [0.15, 0.2) is 0 Å². The molecule has 0 aliphatic rings. The average molecular weight is 229 g/mol. The van der Waals surface area contributed by atoms with Gasteiger partial charge in [0.15, 0.2) is 0 Å². The third-order valence-electron chi connectivity index (χ3n) is 3.00. The van der Waals surface area contributed by atoms with E-state index in [9.17, 15) is 0 Å². The summed E-state index contributed by atoms with van der Waals surface area (Å²) in [6.45, 7) is 14.2. The summed E-state index contributed by atoms with van der Waals surface area (Å²) in [6, 6.07) is 0. The minimum Gasteiger partial charge on any atom is -0.381 e. The molecule has 0 bridgehead atoms. The molecular weight excluding hydrogens is 198 g/mol. The van der Waals surface area contributed by atoms with Crippen molar-refractivity contribution < 1.29 is 4.74 Å². The van der Waals surface area contributed by atoms with E-state index in [-0.39, 0.29) is 5.54 Å². The Hall–Kier alpha value is -0.0800. The molecule has 0 aromatic rings. The summed E-state index contributed by atoms with van der Waals surface area (Å²) >= 11 is 0. The Kier molecular flexibility index (Phi) is 8.04. The molecule has 2 nitrogen and oxygen atoms in total. The van der Waals surface area contributed by atoms with Gasteiger partial charge in [-0.3, -0.25) is 0 Å². The Morgan fingerprint density at radius 1 is 1.06 bits per heavy atom. The quantitative estimate of drug-likeness (QED) is 0.590. The second-order valence-corrected chi connectivity index (χ2v) is 6.09. The van der Waals surface area contributed by atoms with Gasteiger partial charge < -0.3 is 9.64 Å². The third-order valence-corrected chi connectivity index (χ3v) is 3.00. The fourth-order valence-corrected chi connectivity index (χ4v) is 1.43. The van der Waals surface area contributed by atoms with E-state index in [1.807, 2.05) is 0 Å². The first-order chi connectivity index (χ1) is 7.34. The van der Waals surface area contributed by atoms with Crippen LogP contribution in [-0.2, 0) is 4.74 Å². The molecular formula is C14H31NO. The number of nitrogens with zero attached hydrogens (tertiary/aromatic N) is 1. The van der Waals surface area contributed by atoms with Gasteiger partial charge in [-0.05, 0) is 53.0 Å². The van der Waals surface area contributed by atoms with Gasteiger partial charge >= 0.3 is 0 Å². The standard InChI is InChI=1S/C14H31NO/c1-13(2)9-7-11-16-12-8-10-15(6)14(3,4)5/h13H,7-12H2,1-6H3. The monoisotopic (exact) mass is 229 g/mol. The molecule has 0 aromatic carbocycles. The second kappa shape index (κ2) is 8.08. The molecule has 0 atom stereocenters. The lowest BCUT2D eigenvalue weighted by atomic mass is 10.1. The lowest BCUT2D eigenvalue weighted by Crippen LogP contribution is -2.38. The Balaban J connectivity index is 3.28. The fourth-order valence-electron chi connectivity index (χ4n) is 1.43. The molecule has 2 heteroatoms. The Morgan fingerprint density at radius 2 is 1.62 bits per heavy atom. The average Bonchev–Trinajstić information content (AvgIpc) is 2.14. The van der Waals surface area contributed by atoms with Crippen molar-refractivity contribution in [3.05, 3.63) is 0 Å². The largest absolute Gasteiger partial charge is 0.381 e. The molecule has 0 aliphatic carbocycles. The normalized spacial score (nSPS) is 12.8. The molecule has 0 aliphatic heterocycles. The van der Waals surface area contributed by atoms with E-state index in [1.165, 1.54) is 12.8 Å². The maximum Gasteiger partial charge on any atom is 0.0478 e. The van der Waals surface area contributed by atoms with Crippen molar-refractivity contribution in [3.63, 3.8) is 0 Å². The Bertz CT molecular complexity index is 161. The molecule has 0 unspecified atom stereocenters. The highest BCUT2D eigenvalue weighted by atomic mass is 16.5. The highest BCUT2D eigenvalue weighted by molar-refractivity contribution is 4.72. The molecule has 98 valence electrons. The lowest BCUT2D eigenvalue weighted by molar-refractivity contribution is 0.103. The summed E-state index contributed by atoms with van der Waals surface area (Å²) in [5.41, 5.74) is 0.275. The van der Waals surface area contributed by atoms with Crippen LogP contribution in [0, 0.1) is 5.92 Å². The number of hydrogen-bond donors (Lipinski definition) is 0. The van der Waals surface area contributed by atoms with Crippen LogP contribution in [0.1, 0.15) is 53.9 Å². The zero-order valence-corrected chi connectivity index (χ0v) is 12.2. The predicted octanol–water partition coefficient (Wildman–Crippen LogP) is 3.56. The van der Waals surface area contributed by atoms with E-state index in [2.05, 4.69) is 46.6 Å². The number of ether oxygens (including phenoxy) is 1. The van der Waals surface area contributed by atoms with Crippen LogP contribution < -0.4 is 0 Å². The number of hydrogen-bond acceptors (Lipinski definition) is 2. The highest BCUT2D eigenvalue weighted by Gasteiger charge is 2.15. The van der Waals surface area contributed by atoms with Gasteiger partial charge in [-0.1, -0.05) is 13.8 Å². The first-order valence-corrected chi connectivity index (χ1v) is 6.63. The molecule has 0 amide bonds. The summed E-state index contributed by atoms with van der Waals surface area (Å²) < 4.78 is 5.62. The van der Waals surface area contributed by atoms with Crippen molar-refractivity contribution in [1.82, 2.24) is 4.90 Å². The highest BCUT2D eigenvalue weighted by Crippen LogP contribution is 2.10. The van der Waals surface area contributed by atoms with Gasteiger partial charge in [-0.15, -0.1) is 0 Å². The maximum atomic E-state index is 5.62. The van der Waals surface area contributed by atoms with Gasteiger partial charge in [0.25, 0.3) is 0 Å². The van der Waals surface area contributed by atoms with Crippen molar-refractivity contribution in [2.45, 2.75) is 59.4 Å². The zero-order valence-electron chi connectivity index (χ0n) is 12.2. The molecule has 0 aromatic heterocycles. The minimum atomic E-state index is 0.275. The lowest BCUT2D eigenvalue weighted by Gasteiger charge is -2.31. The van der Waals surface area contributed by atoms with Gasteiger partial charge in [-0.2, -0.15) is 0 Å². The van der Waals surface area contributed by atoms with E-state index in [4.69, 9.17) is 4.74 Å². The van der Waals surface area contributed by atoms with Gasteiger partial charge in [0.2, 0.25) is 0 Å². The number of rotatable bonds is 8. The van der Waals surface area contributed by atoms with E-state index in [1.54, 1.807) is 0 Å². The van der Waals surface area contributed by atoms with Gasteiger partial charge in [-0.25, -0.2) is 0 Å². The molecule has 16 heavy (non-hydrogen) atoms. The fraction of sp³-hybridized carbons (Fsp3) is 1.00.